The Labute approximate surface area is 126 Å². The lowest BCUT2D eigenvalue weighted by Crippen LogP contribution is -2.26. The molecule has 1 unspecified atom stereocenters. The van der Waals surface area contributed by atoms with E-state index in [1.165, 1.54) is 5.56 Å². The van der Waals surface area contributed by atoms with Gasteiger partial charge in [-0.25, -0.2) is 0 Å². The van der Waals surface area contributed by atoms with Gasteiger partial charge in [0.25, 0.3) is 5.91 Å². The molecule has 0 bridgehead atoms. The lowest BCUT2D eigenvalue weighted by molar-refractivity contribution is 0.0853. The second-order valence-corrected chi connectivity index (χ2v) is 5.73. The van der Waals surface area contributed by atoms with Crippen molar-refractivity contribution in [2.75, 3.05) is 33.0 Å². The number of amides is 1. The van der Waals surface area contributed by atoms with Gasteiger partial charge in [0.1, 0.15) is 0 Å². The van der Waals surface area contributed by atoms with E-state index in [0.29, 0.717) is 19.1 Å². The number of aryl methyl sites for hydroxylation is 2. The number of carbonyl (C=O) groups excluding carboxylic acids is 1. The van der Waals surface area contributed by atoms with Gasteiger partial charge in [-0.1, -0.05) is 17.7 Å². The molecule has 0 radical (unpaired) electrons. The number of rotatable bonds is 7. The predicted molar refractivity (Wildman–Crippen MR) is 82.6 cm³/mol. The van der Waals surface area contributed by atoms with Gasteiger partial charge in [0.2, 0.25) is 0 Å². The summed E-state index contributed by atoms with van der Waals surface area (Å²) in [6.07, 6.45) is 1.94. The zero-order chi connectivity index (χ0) is 15.1. The van der Waals surface area contributed by atoms with Crippen molar-refractivity contribution in [3.8, 4) is 0 Å². The van der Waals surface area contributed by atoms with E-state index >= 15 is 0 Å². The first-order valence-electron chi connectivity index (χ1n) is 7.68. The first-order valence-corrected chi connectivity index (χ1v) is 7.68. The molecule has 0 aliphatic carbocycles. The molecule has 21 heavy (non-hydrogen) atoms. The molecule has 1 heterocycles. The molecule has 1 aliphatic heterocycles. The summed E-state index contributed by atoms with van der Waals surface area (Å²) in [4.78, 5) is 12.1. The number of hydrogen-bond donors (Lipinski definition) is 1. The third-order valence-electron chi connectivity index (χ3n) is 3.76. The average molecular weight is 291 g/mol. The zero-order valence-corrected chi connectivity index (χ0v) is 13.0. The highest BCUT2D eigenvalue weighted by atomic mass is 16.5. The quantitative estimate of drug-likeness (QED) is 0.785. The fraction of sp³-hybridized carbons (Fsp3) is 0.588. The SMILES string of the molecule is Cc1ccc(C(=O)NCCCOCC2CCOC2)c(C)c1. The largest absolute Gasteiger partial charge is 0.381 e. The number of ether oxygens (including phenoxy) is 2. The summed E-state index contributed by atoms with van der Waals surface area (Å²) in [5.41, 5.74) is 2.95. The number of benzene rings is 1. The van der Waals surface area contributed by atoms with Crippen LogP contribution in [0, 0.1) is 19.8 Å². The zero-order valence-electron chi connectivity index (χ0n) is 13.0. The van der Waals surface area contributed by atoms with E-state index in [-0.39, 0.29) is 5.91 Å². The van der Waals surface area contributed by atoms with Crippen LogP contribution in [0.15, 0.2) is 18.2 Å². The maximum absolute atomic E-state index is 12.1. The summed E-state index contributed by atoms with van der Waals surface area (Å²) in [6, 6.07) is 5.88. The van der Waals surface area contributed by atoms with E-state index in [9.17, 15) is 4.79 Å². The van der Waals surface area contributed by atoms with Crippen molar-refractivity contribution in [3.05, 3.63) is 34.9 Å². The van der Waals surface area contributed by atoms with Gasteiger partial charge in [0.15, 0.2) is 0 Å². The van der Waals surface area contributed by atoms with Crippen LogP contribution in [0.4, 0.5) is 0 Å². The molecule has 1 fully saturated rings. The first-order chi connectivity index (χ1) is 10.2. The van der Waals surface area contributed by atoms with Crippen LogP contribution in [0.3, 0.4) is 0 Å². The maximum Gasteiger partial charge on any atom is 0.251 e. The van der Waals surface area contributed by atoms with Gasteiger partial charge in [-0.15, -0.1) is 0 Å². The van der Waals surface area contributed by atoms with Crippen LogP contribution in [0.5, 0.6) is 0 Å². The molecule has 2 rings (SSSR count). The fourth-order valence-electron chi connectivity index (χ4n) is 2.50. The summed E-state index contributed by atoms with van der Waals surface area (Å²) in [5, 5.41) is 2.94. The smallest absolute Gasteiger partial charge is 0.251 e. The topological polar surface area (TPSA) is 47.6 Å². The van der Waals surface area contributed by atoms with E-state index in [0.717, 1.165) is 43.8 Å². The number of carbonyl (C=O) groups is 1. The van der Waals surface area contributed by atoms with Crippen molar-refractivity contribution >= 4 is 5.91 Å². The minimum Gasteiger partial charge on any atom is -0.381 e. The Bertz CT molecular complexity index is 467. The predicted octanol–water partition coefficient (Wildman–Crippen LogP) is 2.48. The third kappa shape index (κ3) is 5.14. The Morgan fingerprint density at radius 3 is 3.00 bits per heavy atom. The van der Waals surface area contributed by atoms with Gasteiger partial charge in [0.05, 0.1) is 13.2 Å². The molecule has 1 atom stereocenters. The van der Waals surface area contributed by atoms with Crippen LogP contribution < -0.4 is 5.32 Å². The van der Waals surface area contributed by atoms with Gasteiger partial charge in [-0.2, -0.15) is 0 Å². The van der Waals surface area contributed by atoms with E-state index in [4.69, 9.17) is 9.47 Å². The molecule has 1 aliphatic rings. The number of nitrogens with one attached hydrogen (secondary N) is 1. The van der Waals surface area contributed by atoms with Crippen LogP contribution in [-0.4, -0.2) is 38.9 Å². The second-order valence-electron chi connectivity index (χ2n) is 5.73. The van der Waals surface area contributed by atoms with E-state index in [1.807, 2.05) is 32.0 Å². The molecule has 4 heteroatoms. The van der Waals surface area contributed by atoms with Gasteiger partial charge in [-0.3, -0.25) is 4.79 Å². The molecule has 1 N–H and O–H groups in total. The van der Waals surface area contributed by atoms with Gasteiger partial charge >= 0.3 is 0 Å². The highest BCUT2D eigenvalue weighted by Gasteiger charge is 2.15. The summed E-state index contributed by atoms with van der Waals surface area (Å²) < 4.78 is 10.9. The average Bonchev–Trinajstić information content (AvgIpc) is 2.95. The van der Waals surface area contributed by atoms with Gasteiger partial charge in [-0.05, 0) is 38.3 Å². The highest BCUT2D eigenvalue weighted by molar-refractivity contribution is 5.95. The molecule has 4 nitrogen and oxygen atoms in total. The molecule has 0 saturated carbocycles. The van der Waals surface area contributed by atoms with Crippen LogP contribution >= 0.6 is 0 Å². The van der Waals surface area contributed by atoms with Crippen molar-refractivity contribution < 1.29 is 14.3 Å². The standard InChI is InChI=1S/C17H25NO3/c1-13-4-5-16(14(2)10-13)17(19)18-7-3-8-20-11-15-6-9-21-12-15/h4-5,10,15H,3,6-9,11-12H2,1-2H3,(H,18,19). The lowest BCUT2D eigenvalue weighted by atomic mass is 10.1. The van der Waals surface area contributed by atoms with Crippen molar-refractivity contribution in [2.45, 2.75) is 26.7 Å². The Hall–Kier alpha value is -1.39. The molecule has 0 aromatic heterocycles. The first kappa shape index (κ1) is 16.0. The lowest BCUT2D eigenvalue weighted by Gasteiger charge is -2.10. The summed E-state index contributed by atoms with van der Waals surface area (Å²) >= 11 is 0. The van der Waals surface area contributed by atoms with E-state index in [2.05, 4.69) is 5.32 Å². The van der Waals surface area contributed by atoms with Crippen molar-refractivity contribution in [1.82, 2.24) is 5.32 Å². The Morgan fingerprint density at radius 2 is 2.29 bits per heavy atom. The molecule has 0 spiro atoms. The highest BCUT2D eigenvalue weighted by Crippen LogP contribution is 2.12. The molecule has 1 aromatic carbocycles. The Kier molecular flexibility index (Phi) is 6.21. The minimum atomic E-state index is -0.00306. The molecule has 1 aromatic rings. The third-order valence-corrected chi connectivity index (χ3v) is 3.76. The van der Waals surface area contributed by atoms with Crippen LogP contribution in [0.25, 0.3) is 0 Å². The van der Waals surface area contributed by atoms with Crippen molar-refractivity contribution in [2.24, 2.45) is 5.92 Å². The Morgan fingerprint density at radius 1 is 1.43 bits per heavy atom. The fourth-order valence-corrected chi connectivity index (χ4v) is 2.50. The van der Waals surface area contributed by atoms with Crippen LogP contribution in [-0.2, 0) is 9.47 Å². The molecule has 1 saturated heterocycles. The van der Waals surface area contributed by atoms with Crippen LogP contribution in [0.1, 0.15) is 34.3 Å². The second kappa shape index (κ2) is 8.15. The normalized spacial score (nSPS) is 17.9. The van der Waals surface area contributed by atoms with Crippen molar-refractivity contribution in [3.63, 3.8) is 0 Å². The Balaban J connectivity index is 1.60. The molecular formula is C17H25NO3. The van der Waals surface area contributed by atoms with Gasteiger partial charge in [0, 0.05) is 31.2 Å². The summed E-state index contributed by atoms with van der Waals surface area (Å²) in [6.45, 7) is 7.78. The monoisotopic (exact) mass is 291 g/mol. The summed E-state index contributed by atoms with van der Waals surface area (Å²) in [7, 11) is 0. The molecule has 1 amide bonds. The summed E-state index contributed by atoms with van der Waals surface area (Å²) in [5.74, 6) is 0.548. The van der Waals surface area contributed by atoms with E-state index in [1.54, 1.807) is 0 Å². The van der Waals surface area contributed by atoms with Gasteiger partial charge < -0.3 is 14.8 Å². The maximum atomic E-state index is 12.1. The minimum absolute atomic E-state index is 0.00306. The molecular weight excluding hydrogens is 266 g/mol. The van der Waals surface area contributed by atoms with Crippen LogP contribution in [0.2, 0.25) is 0 Å². The van der Waals surface area contributed by atoms with E-state index < -0.39 is 0 Å². The number of hydrogen-bond acceptors (Lipinski definition) is 3. The molecule has 116 valence electrons. The van der Waals surface area contributed by atoms with Crippen molar-refractivity contribution in [1.29, 1.82) is 0 Å².